The Balaban J connectivity index is 0.00000114. The zero-order chi connectivity index (χ0) is 23.3. The first-order valence-corrected chi connectivity index (χ1v) is 12.0. The lowest BCUT2D eigenvalue weighted by atomic mass is 9.81. The number of hydrogen-bond acceptors (Lipinski definition) is 2. The van der Waals surface area contributed by atoms with Gasteiger partial charge in [-0.1, -0.05) is 61.5 Å². The molecule has 0 saturated heterocycles. The molecule has 32 heavy (non-hydrogen) atoms. The van der Waals surface area contributed by atoms with E-state index in [4.69, 9.17) is 5.26 Å². The van der Waals surface area contributed by atoms with Gasteiger partial charge in [-0.25, -0.2) is 8.78 Å². The van der Waals surface area contributed by atoms with Crippen molar-refractivity contribution in [3.63, 3.8) is 0 Å². The molecule has 2 aromatic carbocycles. The van der Waals surface area contributed by atoms with Gasteiger partial charge in [0.05, 0.1) is 6.07 Å². The summed E-state index contributed by atoms with van der Waals surface area (Å²) in [5.41, 5.74) is 3.45. The Kier molecular flexibility index (Phi) is 11.4. The van der Waals surface area contributed by atoms with Crippen LogP contribution < -0.4 is 0 Å². The third-order valence-electron chi connectivity index (χ3n) is 6.51. The summed E-state index contributed by atoms with van der Waals surface area (Å²) in [5.74, 6) is -0.578. The molecular weight excluding hydrogens is 402 g/mol. The Bertz CT molecular complexity index is 790. The van der Waals surface area contributed by atoms with E-state index in [0.29, 0.717) is 25.3 Å². The van der Waals surface area contributed by atoms with E-state index in [-0.39, 0.29) is 0 Å². The third kappa shape index (κ3) is 8.02. The molecule has 0 aromatic heterocycles. The lowest BCUT2D eigenvalue weighted by Gasteiger charge is -2.30. The summed E-state index contributed by atoms with van der Waals surface area (Å²) in [6, 6.07) is 20.9. The number of alkyl halides is 2. The van der Waals surface area contributed by atoms with Gasteiger partial charge >= 0.3 is 0 Å². The van der Waals surface area contributed by atoms with Crippen LogP contribution in [0.4, 0.5) is 8.78 Å². The van der Waals surface area contributed by atoms with E-state index < -0.39 is 18.3 Å². The summed E-state index contributed by atoms with van der Waals surface area (Å²) >= 11 is 0. The average molecular weight is 441 g/mol. The molecule has 1 aliphatic carbocycles. The summed E-state index contributed by atoms with van der Waals surface area (Å²) in [4.78, 5) is 2.53. The van der Waals surface area contributed by atoms with Crippen molar-refractivity contribution in [3.8, 4) is 6.07 Å². The molecule has 1 aliphatic rings. The molecule has 3 atom stereocenters. The van der Waals surface area contributed by atoms with Gasteiger partial charge in [-0.15, -0.1) is 0 Å². The molecule has 0 spiro atoms. The summed E-state index contributed by atoms with van der Waals surface area (Å²) in [6.07, 6.45) is 2.69. The van der Waals surface area contributed by atoms with Crippen LogP contribution in [0.1, 0.15) is 69.1 Å². The first-order chi connectivity index (χ1) is 15.5. The average Bonchev–Trinajstić information content (AvgIpc) is 2.80. The highest BCUT2D eigenvalue weighted by Crippen LogP contribution is 2.37. The molecule has 0 radical (unpaired) electrons. The van der Waals surface area contributed by atoms with Crippen molar-refractivity contribution in [3.05, 3.63) is 71.3 Å². The summed E-state index contributed by atoms with van der Waals surface area (Å²) in [6.45, 7) is 8.07. The number of hydrogen-bond donors (Lipinski definition) is 0. The molecule has 3 unspecified atom stereocenters. The van der Waals surface area contributed by atoms with Crippen LogP contribution >= 0.6 is 0 Å². The normalized spacial score (nSPS) is 21.3. The van der Waals surface area contributed by atoms with Gasteiger partial charge in [0.25, 0.3) is 0 Å². The maximum atomic E-state index is 14.2. The second kappa shape index (κ2) is 14.0. The van der Waals surface area contributed by atoms with Crippen LogP contribution in [0.3, 0.4) is 0 Å². The van der Waals surface area contributed by atoms with Gasteiger partial charge < -0.3 is 4.90 Å². The Morgan fingerprint density at radius 3 is 2.09 bits per heavy atom. The van der Waals surface area contributed by atoms with Crippen LogP contribution in [-0.4, -0.2) is 36.4 Å². The van der Waals surface area contributed by atoms with Crippen LogP contribution in [0.15, 0.2) is 54.6 Å². The minimum atomic E-state index is -1.05. The quantitative estimate of drug-likeness (QED) is 0.418. The number of halogens is 2. The smallest absolute Gasteiger partial charge is 0.110 e. The Morgan fingerprint density at radius 1 is 0.969 bits per heavy atom. The summed E-state index contributed by atoms with van der Waals surface area (Å²) < 4.78 is 28.4. The van der Waals surface area contributed by atoms with E-state index in [2.05, 4.69) is 61.2 Å². The van der Waals surface area contributed by atoms with Gasteiger partial charge in [0.2, 0.25) is 0 Å². The molecule has 1 saturated carbocycles. The summed E-state index contributed by atoms with van der Waals surface area (Å²) in [5, 5.41) is 7.32. The Hall–Kier alpha value is -2.25. The predicted molar refractivity (Wildman–Crippen MR) is 129 cm³/mol. The van der Waals surface area contributed by atoms with Gasteiger partial charge in [0.1, 0.15) is 12.3 Å². The zero-order valence-corrected chi connectivity index (χ0v) is 19.8. The predicted octanol–water partition coefficient (Wildman–Crippen LogP) is 7.05. The Morgan fingerprint density at radius 2 is 1.53 bits per heavy atom. The molecule has 0 bridgehead atoms. The molecule has 3 rings (SSSR count). The molecule has 0 N–H and O–H groups in total. The van der Waals surface area contributed by atoms with Crippen molar-refractivity contribution in [2.24, 2.45) is 0 Å². The first kappa shape index (κ1) is 26.0. The molecular formula is C28H38F2N2. The van der Waals surface area contributed by atoms with Crippen LogP contribution in [0.5, 0.6) is 0 Å². The minimum Gasteiger partial charge on any atom is -0.301 e. The highest BCUT2D eigenvalue weighted by atomic mass is 19.1. The lowest BCUT2D eigenvalue weighted by molar-refractivity contribution is 0.124. The van der Waals surface area contributed by atoms with Gasteiger partial charge in [-0.05, 0) is 68.7 Å². The van der Waals surface area contributed by atoms with Gasteiger partial charge in [-0.2, -0.15) is 5.26 Å². The van der Waals surface area contributed by atoms with E-state index >= 15 is 0 Å². The summed E-state index contributed by atoms with van der Waals surface area (Å²) in [7, 11) is 0. The van der Waals surface area contributed by atoms with Gasteiger partial charge in [0, 0.05) is 25.4 Å². The van der Waals surface area contributed by atoms with Crippen molar-refractivity contribution in [1.82, 2.24) is 4.90 Å². The number of aryl methyl sites for hydroxylation is 1. The standard InChI is InChI=1S/C26H35F2N.C2H3N/c1-3-29(19-18-21-8-5-4-6-9-21)20(2)12-13-22-14-16-23(17-15-22)26-24(27)10-7-11-25(26)28;1-2-3/h4-6,8-9,14-17,20,24-26H,3,7,10-13,18-19H2,1-2H3;1H3. The number of nitriles is 1. The molecule has 2 aromatic rings. The van der Waals surface area contributed by atoms with Crippen molar-refractivity contribution in [2.75, 3.05) is 13.1 Å². The van der Waals surface area contributed by atoms with Crippen molar-refractivity contribution in [1.29, 1.82) is 5.26 Å². The number of rotatable bonds is 9. The maximum Gasteiger partial charge on any atom is 0.110 e. The zero-order valence-electron chi connectivity index (χ0n) is 19.8. The van der Waals surface area contributed by atoms with Crippen LogP contribution in [-0.2, 0) is 12.8 Å². The van der Waals surface area contributed by atoms with Gasteiger partial charge in [0.15, 0.2) is 0 Å². The van der Waals surface area contributed by atoms with Crippen LogP contribution in [0.2, 0.25) is 0 Å². The monoisotopic (exact) mass is 440 g/mol. The Labute approximate surface area is 193 Å². The second-order valence-electron chi connectivity index (χ2n) is 8.71. The largest absolute Gasteiger partial charge is 0.301 e. The SMILES string of the molecule is CC#N.CCN(CCc1ccccc1)C(C)CCc1ccc(C2C(F)CCCC2F)cc1. The fourth-order valence-corrected chi connectivity index (χ4v) is 4.58. The fourth-order valence-electron chi connectivity index (χ4n) is 4.58. The van der Waals surface area contributed by atoms with Crippen molar-refractivity contribution >= 4 is 0 Å². The molecule has 4 heteroatoms. The molecule has 1 fully saturated rings. The highest BCUT2D eigenvalue weighted by molar-refractivity contribution is 5.28. The molecule has 0 heterocycles. The third-order valence-corrected chi connectivity index (χ3v) is 6.51. The van der Waals surface area contributed by atoms with Crippen molar-refractivity contribution in [2.45, 2.75) is 83.6 Å². The van der Waals surface area contributed by atoms with E-state index in [9.17, 15) is 8.78 Å². The molecule has 0 aliphatic heterocycles. The van der Waals surface area contributed by atoms with E-state index in [1.165, 1.54) is 18.1 Å². The van der Waals surface area contributed by atoms with Gasteiger partial charge in [-0.3, -0.25) is 0 Å². The van der Waals surface area contributed by atoms with Crippen LogP contribution in [0.25, 0.3) is 0 Å². The first-order valence-electron chi connectivity index (χ1n) is 12.0. The number of nitrogens with zero attached hydrogens (tertiary/aromatic N) is 2. The van der Waals surface area contributed by atoms with E-state index in [1.54, 1.807) is 6.07 Å². The lowest BCUT2D eigenvalue weighted by Crippen LogP contribution is -2.35. The minimum absolute atomic E-state index is 0.486. The molecule has 0 amide bonds. The topological polar surface area (TPSA) is 27.0 Å². The second-order valence-corrected chi connectivity index (χ2v) is 8.71. The number of likely N-dealkylation sites (N-methyl/N-ethyl adjacent to an activating group) is 1. The van der Waals surface area contributed by atoms with E-state index in [0.717, 1.165) is 37.9 Å². The number of benzene rings is 2. The van der Waals surface area contributed by atoms with E-state index in [1.807, 2.05) is 12.1 Å². The molecule has 2 nitrogen and oxygen atoms in total. The fraction of sp³-hybridized carbons (Fsp3) is 0.536. The highest BCUT2D eigenvalue weighted by Gasteiger charge is 2.34. The van der Waals surface area contributed by atoms with Crippen LogP contribution in [0, 0.1) is 11.3 Å². The maximum absolute atomic E-state index is 14.2. The molecule has 174 valence electrons. The van der Waals surface area contributed by atoms with Crippen molar-refractivity contribution < 1.29 is 8.78 Å².